The zero-order valence-corrected chi connectivity index (χ0v) is 11.6. The Morgan fingerprint density at radius 1 is 1.47 bits per heavy atom. The number of benzene rings is 1. The highest BCUT2D eigenvalue weighted by Crippen LogP contribution is 2.24. The van der Waals surface area contributed by atoms with Gasteiger partial charge in [-0.1, -0.05) is 12.1 Å². The zero-order valence-electron chi connectivity index (χ0n) is 10.8. The van der Waals surface area contributed by atoms with Crippen LogP contribution < -0.4 is 0 Å². The molecule has 1 aromatic carbocycles. The summed E-state index contributed by atoms with van der Waals surface area (Å²) < 4.78 is 1.16. The van der Waals surface area contributed by atoms with E-state index in [0.29, 0.717) is 25.9 Å². The van der Waals surface area contributed by atoms with E-state index in [1.807, 2.05) is 24.3 Å². The molecule has 4 nitrogen and oxygen atoms in total. The highest BCUT2D eigenvalue weighted by atomic mass is 32.1. The summed E-state index contributed by atoms with van der Waals surface area (Å²) in [6.07, 6.45) is 1.15. The van der Waals surface area contributed by atoms with Gasteiger partial charge in [0.05, 0.1) is 33.9 Å². The highest BCUT2D eigenvalue weighted by molar-refractivity contribution is 7.18. The largest absolute Gasteiger partial charge is 0.386 e. The lowest BCUT2D eigenvalue weighted by Gasteiger charge is -2.44. The monoisotopic (exact) mass is 276 g/mol. The summed E-state index contributed by atoms with van der Waals surface area (Å²) in [5, 5.41) is 10.6. The third-order valence-electron chi connectivity index (χ3n) is 3.31. The Balaban J connectivity index is 1.59. The molecule has 0 radical (unpaired) electrons. The molecule has 0 spiro atoms. The molecule has 1 amide bonds. The summed E-state index contributed by atoms with van der Waals surface area (Å²) in [4.78, 5) is 18.1. The highest BCUT2D eigenvalue weighted by Gasteiger charge is 2.38. The number of fused-ring (bicyclic) bond motifs is 1. The van der Waals surface area contributed by atoms with Gasteiger partial charge in [0.15, 0.2) is 0 Å². The third-order valence-corrected chi connectivity index (χ3v) is 4.40. The van der Waals surface area contributed by atoms with E-state index in [9.17, 15) is 9.90 Å². The minimum Gasteiger partial charge on any atom is -0.386 e. The molecule has 0 unspecified atom stereocenters. The summed E-state index contributed by atoms with van der Waals surface area (Å²) in [6, 6.07) is 8.01. The second kappa shape index (κ2) is 4.58. The molecule has 1 aliphatic rings. The summed E-state index contributed by atoms with van der Waals surface area (Å²) in [7, 11) is 0. The van der Waals surface area contributed by atoms with Crippen molar-refractivity contribution in [2.24, 2.45) is 0 Å². The molecule has 0 saturated carbocycles. The van der Waals surface area contributed by atoms with Crippen LogP contribution in [0.4, 0.5) is 0 Å². The number of aliphatic hydroxyl groups is 1. The maximum atomic E-state index is 11.9. The van der Waals surface area contributed by atoms with Crippen molar-refractivity contribution in [3.8, 4) is 0 Å². The summed E-state index contributed by atoms with van der Waals surface area (Å²) in [6.45, 7) is 2.65. The zero-order chi connectivity index (χ0) is 13.5. The third kappa shape index (κ3) is 2.62. The van der Waals surface area contributed by atoms with Gasteiger partial charge in [0, 0.05) is 12.8 Å². The van der Waals surface area contributed by atoms with Crippen LogP contribution in [0.25, 0.3) is 10.2 Å². The van der Waals surface area contributed by atoms with Crippen molar-refractivity contribution in [3.05, 3.63) is 29.3 Å². The molecule has 1 aromatic heterocycles. The van der Waals surface area contributed by atoms with Gasteiger partial charge in [0.1, 0.15) is 0 Å². The number of rotatable bonds is 3. The molecule has 100 valence electrons. The fourth-order valence-corrected chi connectivity index (χ4v) is 3.32. The molecule has 19 heavy (non-hydrogen) atoms. The van der Waals surface area contributed by atoms with Gasteiger partial charge in [0.25, 0.3) is 0 Å². The van der Waals surface area contributed by atoms with E-state index in [1.54, 1.807) is 23.2 Å². The second-order valence-electron chi connectivity index (χ2n) is 5.32. The van der Waals surface area contributed by atoms with Gasteiger partial charge in [-0.3, -0.25) is 4.79 Å². The summed E-state index contributed by atoms with van der Waals surface area (Å²) >= 11 is 1.65. The van der Waals surface area contributed by atoms with E-state index >= 15 is 0 Å². The SMILES string of the molecule is CC1(O)CN(C(=O)CCc2nc3ccccc3s2)C1. The Bertz CT molecular complexity index is 580. The Morgan fingerprint density at radius 3 is 2.89 bits per heavy atom. The Hall–Kier alpha value is -1.46. The molecule has 0 aliphatic carbocycles. The molecular weight excluding hydrogens is 260 g/mol. The molecule has 1 saturated heterocycles. The summed E-state index contributed by atoms with van der Waals surface area (Å²) in [5.41, 5.74) is 0.313. The van der Waals surface area contributed by atoms with Crippen molar-refractivity contribution < 1.29 is 9.90 Å². The minimum absolute atomic E-state index is 0.103. The Morgan fingerprint density at radius 2 is 2.21 bits per heavy atom. The van der Waals surface area contributed by atoms with Crippen molar-refractivity contribution in [3.63, 3.8) is 0 Å². The van der Waals surface area contributed by atoms with Crippen LogP contribution in [0, 0.1) is 0 Å². The van der Waals surface area contributed by atoms with Gasteiger partial charge >= 0.3 is 0 Å². The fourth-order valence-electron chi connectivity index (χ4n) is 2.35. The van der Waals surface area contributed by atoms with Crippen molar-refractivity contribution in [1.82, 2.24) is 9.88 Å². The normalized spacial score (nSPS) is 17.5. The van der Waals surface area contributed by atoms with Gasteiger partial charge < -0.3 is 10.0 Å². The molecule has 0 bridgehead atoms. The van der Waals surface area contributed by atoms with Crippen molar-refractivity contribution in [2.45, 2.75) is 25.4 Å². The predicted octanol–water partition coefficient (Wildman–Crippen LogP) is 1.82. The van der Waals surface area contributed by atoms with E-state index in [-0.39, 0.29) is 5.91 Å². The first-order valence-electron chi connectivity index (χ1n) is 6.38. The number of hydrogen-bond acceptors (Lipinski definition) is 4. The molecular formula is C14H16N2O2S. The predicted molar refractivity (Wildman–Crippen MR) is 75.1 cm³/mol. The lowest BCUT2D eigenvalue weighted by atomic mass is 9.96. The van der Waals surface area contributed by atoms with E-state index in [4.69, 9.17) is 0 Å². The number of hydrogen-bond donors (Lipinski definition) is 1. The molecule has 2 aromatic rings. The number of para-hydroxylation sites is 1. The van der Waals surface area contributed by atoms with Crippen LogP contribution in [0.3, 0.4) is 0 Å². The average Bonchev–Trinajstić information content (AvgIpc) is 2.75. The maximum absolute atomic E-state index is 11.9. The lowest BCUT2D eigenvalue weighted by molar-refractivity contribution is -0.152. The molecule has 1 N–H and O–H groups in total. The smallest absolute Gasteiger partial charge is 0.223 e. The molecule has 5 heteroatoms. The van der Waals surface area contributed by atoms with Crippen LogP contribution in [0.15, 0.2) is 24.3 Å². The minimum atomic E-state index is -0.689. The van der Waals surface area contributed by atoms with Gasteiger partial charge in [0.2, 0.25) is 5.91 Å². The molecule has 1 fully saturated rings. The molecule has 0 atom stereocenters. The number of nitrogens with zero attached hydrogens (tertiary/aromatic N) is 2. The fraction of sp³-hybridized carbons (Fsp3) is 0.429. The van der Waals surface area contributed by atoms with E-state index in [2.05, 4.69) is 4.98 Å². The number of aryl methyl sites for hydroxylation is 1. The van der Waals surface area contributed by atoms with Crippen LogP contribution in [-0.2, 0) is 11.2 Å². The Labute approximate surface area is 115 Å². The van der Waals surface area contributed by atoms with Gasteiger partial charge in [-0.2, -0.15) is 0 Å². The van der Waals surface area contributed by atoms with E-state index in [1.165, 1.54) is 0 Å². The van der Waals surface area contributed by atoms with Gasteiger partial charge in [-0.15, -0.1) is 11.3 Å². The molecule has 3 rings (SSSR count). The van der Waals surface area contributed by atoms with E-state index < -0.39 is 5.60 Å². The van der Waals surface area contributed by atoms with E-state index in [0.717, 1.165) is 15.2 Å². The summed E-state index contributed by atoms with van der Waals surface area (Å²) in [5.74, 6) is 0.103. The number of carbonyl (C=O) groups is 1. The number of amides is 1. The topological polar surface area (TPSA) is 53.4 Å². The van der Waals surface area contributed by atoms with Gasteiger partial charge in [-0.05, 0) is 19.1 Å². The first-order valence-corrected chi connectivity index (χ1v) is 7.20. The number of thiazole rings is 1. The quantitative estimate of drug-likeness (QED) is 0.930. The standard InChI is InChI=1S/C14H16N2O2S/c1-14(18)8-16(9-14)13(17)7-6-12-15-10-4-2-3-5-11(10)19-12/h2-5,18H,6-9H2,1H3. The average molecular weight is 276 g/mol. The first-order chi connectivity index (χ1) is 9.03. The van der Waals surface area contributed by atoms with Crippen LogP contribution in [0.2, 0.25) is 0 Å². The van der Waals surface area contributed by atoms with Crippen LogP contribution >= 0.6 is 11.3 Å². The van der Waals surface area contributed by atoms with Crippen LogP contribution in [0.5, 0.6) is 0 Å². The van der Waals surface area contributed by atoms with Crippen LogP contribution in [0.1, 0.15) is 18.4 Å². The number of β-amino-alcohol motifs (C(OH)–C–C–N with tert-alkyl or cyclic N) is 1. The second-order valence-corrected chi connectivity index (χ2v) is 6.44. The van der Waals surface area contributed by atoms with Crippen molar-refractivity contribution in [1.29, 1.82) is 0 Å². The number of likely N-dealkylation sites (tertiary alicyclic amines) is 1. The maximum Gasteiger partial charge on any atom is 0.223 e. The Kier molecular flexibility index (Phi) is 3.03. The lowest BCUT2D eigenvalue weighted by Crippen LogP contribution is -2.61. The van der Waals surface area contributed by atoms with Crippen molar-refractivity contribution >= 4 is 27.5 Å². The van der Waals surface area contributed by atoms with Gasteiger partial charge in [-0.25, -0.2) is 4.98 Å². The van der Waals surface area contributed by atoms with Crippen molar-refractivity contribution in [2.75, 3.05) is 13.1 Å². The van der Waals surface area contributed by atoms with Crippen LogP contribution in [-0.4, -0.2) is 39.6 Å². The number of aromatic nitrogens is 1. The first kappa shape index (κ1) is 12.6. The molecule has 1 aliphatic heterocycles. The number of carbonyl (C=O) groups excluding carboxylic acids is 1. The molecule has 2 heterocycles.